The molecule has 1 aliphatic rings. The SMILES string of the molecule is CC1(c2cccc(C(F)(F)F)c2)COC(=O)C1. The number of carbonyl (C=O) groups excluding carboxylic acids is 1. The van der Waals surface area contributed by atoms with Crippen LogP contribution in [0.25, 0.3) is 0 Å². The third-order valence-electron chi connectivity index (χ3n) is 2.97. The number of esters is 1. The molecule has 1 aromatic carbocycles. The minimum Gasteiger partial charge on any atom is -0.465 e. The van der Waals surface area contributed by atoms with E-state index in [1.165, 1.54) is 6.07 Å². The van der Waals surface area contributed by atoms with Gasteiger partial charge in [-0.3, -0.25) is 4.79 Å². The summed E-state index contributed by atoms with van der Waals surface area (Å²) in [5, 5.41) is 0. The fraction of sp³-hybridized carbons (Fsp3) is 0.417. The fourth-order valence-electron chi connectivity index (χ4n) is 1.92. The number of ether oxygens (including phenoxy) is 1. The highest BCUT2D eigenvalue weighted by Crippen LogP contribution is 2.36. The average molecular weight is 244 g/mol. The summed E-state index contributed by atoms with van der Waals surface area (Å²) in [7, 11) is 0. The molecule has 1 atom stereocenters. The van der Waals surface area contributed by atoms with Crippen LogP contribution in [0.1, 0.15) is 24.5 Å². The number of alkyl halides is 3. The fourth-order valence-corrected chi connectivity index (χ4v) is 1.92. The second-order valence-corrected chi connectivity index (χ2v) is 4.48. The lowest BCUT2D eigenvalue weighted by atomic mass is 9.81. The summed E-state index contributed by atoms with van der Waals surface area (Å²) in [4.78, 5) is 11.1. The largest absolute Gasteiger partial charge is 0.465 e. The highest BCUT2D eigenvalue weighted by atomic mass is 19.4. The van der Waals surface area contributed by atoms with Crippen LogP contribution in [-0.2, 0) is 21.1 Å². The molecule has 0 aromatic heterocycles. The second kappa shape index (κ2) is 3.75. The van der Waals surface area contributed by atoms with E-state index in [9.17, 15) is 18.0 Å². The standard InChI is InChI=1S/C12H11F3O2/c1-11(6-10(16)17-7-11)8-3-2-4-9(5-8)12(13,14)15/h2-5H,6-7H2,1H3. The van der Waals surface area contributed by atoms with Gasteiger partial charge in [-0.15, -0.1) is 0 Å². The molecule has 92 valence electrons. The molecule has 2 rings (SSSR count). The first-order chi connectivity index (χ1) is 7.81. The lowest BCUT2D eigenvalue weighted by molar-refractivity contribution is -0.138. The molecule has 2 nitrogen and oxygen atoms in total. The van der Waals surface area contributed by atoms with Crippen molar-refractivity contribution in [3.63, 3.8) is 0 Å². The van der Waals surface area contributed by atoms with E-state index >= 15 is 0 Å². The Morgan fingerprint density at radius 1 is 1.35 bits per heavy atom. The maximum absolute atomic E-state index is 12.6. The van der Waals surface area contributed by atoms with Gasteiger partial charge in [0.25, 0.3) is 0 Å². The second-order valence-electron chi connectivity index (χ2n) is 4.48. The average Bonchev–Trinajstić information content (AvgIpc) is 2.59. The van der Waals surface area contributed by atoms with Gasteiger partial charge < -0.3 is 4.74 Å². The number of rotatable bonds is 1. The molecule has 1 fully saturated rings. The summed E-state index contributed by atoms with van der Waals surface area (Å²) in [5.74, 6) is -0.370. The van der Waals surface area contributed by atoms with Crippen molar-refractivity contribution in [1.29, 1.82) is 0 Å². The molecule has 5 heteroatoms. The van der Waals surface area contributed by atoms with Gasteiger partial charge >= 0.3 is 12.1 Å². The normalized spacial score (nSPS) is 24.8. The summed E-state index contributed by atoms with van der Waals surface area (Å²) >= 11 is 0. The van der Waals surface area contributed by atoms with Gasteiger partial charge in [-0.25, -0.2) is 0 Å². The molecule has 17 heavy (non-hydrogen) atoms. The van der Waals surface area contributed by atoms with E-state index in [0.29, 0.717) is 5.56 Å². The zero-order chi connectivity index (χ0) is 12.7. The third-order valence-corrected chi connectivity index (χ3v) is 2.97. The maximum atomic E-state index is 12.6. The van der Waals surface area contributed by atoms with Crippen LogP contribution in [0.5, 0.6) is 0 Å². The molecule has 0 radical (unpaired) electrons. The van der Waals surface area contributed by atoms with Gasteiger partial charge in [0, 0.05) is 5.41 Å². The molecule has 1 unspecified atom stereocenters. The van der Waals surface area contributed by atoms with E-state index in [-0.39, 0.29) is 19.0 Å². The zero-order valence-corrected chi connectivity index (χ0v) is 9.17. The Morgan fingerprint density at radius 2 is 2.06 bits per heavy atom. The first-order valence-corrected chi connectivity index (χ1v) is 5.15. The quantitative estimate of drug-likeness (QED) is 0.710. The summed E-state index contributed by atoms with van der Waals surface area (Å²) < 4.78 is 42.5. The summed E-state index contributed by atoms with van der Waals surface area (Å²) in [6, 6.07) is 5.05. The van der Waals surface area contributed by atoms with Gasteiger partial charge in [0.2, 0.25) is 0 Å². The predicted molar refractivity (Wildman–Crippen MR) is 54.4 cm³/mol. The van der Waals surface area contributed by atoms with Crippen LogP contribution in [0.3, 0.4) is 0 Å². The Kier molecular flexibility index (Phi) is 2.64. The molecule has 0 aliphatic carbocycles. The van der Waals surface area contributed by atoms with E-state index < -0.39 is 17.2 Å². The summed E-state index contributed by atoms with van der Waals surface area (Å²) in [6.07, 6.45) is -4.25. The molecular formula is C12H11F3O2. The topological polar surface area (TPSA) is 26.3 Å². The lowest BCUT2D eigenvalue weighted by Crippen LogP contribution is -2.22. The highest BCUT2D eigenvalue weighted by molar-refractivity contribution is 5.74. The lowest BCUT2D eigenvalue weighted by Gasteiger charge is -2.21. The van der Waals surface area contributed by atoms with E-state index in [4.69, 9.17) is 4.74 Å². The van der Waals surface area contributed by atoms with E-state index in [2.05, 4.69) is 0 Å². The van der Waals surface area contributed by atoms with Crippen molar-refractivity contribution in [1.82, 2.24) is 0 Å². The van der Waals surface area contributed by atoms with Crippen molar-refractivity contribution < 1.29 is 22.7 Å². The van der Waals surface area contributed by atoms with Crippen LogP contribution in [0, 0.1) is 0 Å². The molecule has 0 N–H and O–H groups in total. The molecule has 0 saturated carbocycles. The smallest absolute Gasteiger partial charge is 0.416 e. The Hall–Kier alpha value is -1.52. The number of cyclic esters (lactones) is 1. The van der Waals surface area contributed by atoms with Crippen molar-refractivity contribution >= 4 is 5.97 Å². The first kappa shape index (κ1) is 12.0. The van der Waals surface area contributed by atoms with Crippen LogP contribution >= 0.6 is 0 Å². The van der Waals surface area contributed by atoms with Gasteiger partial charge in [0.05, 0.1) is 12.0 Å². The Bertz CT molecular complexity index is 453. The molecule has 0 amide bonds. The zero-order valence-electron chi connectivity index (χ0n) is 9.17. The van der Waals surface area contributed by atoms with E-state index in [1.54, 1.807) is 13.0 Å². The minimum atomic E-state index is -4.37. The van der Waals surface area contributed by atoms with Crippen LogP contribution in [0.4, 0.5) is 13.2 Å². The molecule has 0 spiro atoms. The number of carbonyl (C=O) groups is 1. The summed E-state index contributed by atoms with van der Waals surface area (Å²) in [6.45, 7) is 1.86. The Morgan fingerprint density at radius 3 is 2.59 bits per heavy atom. The number of halogens is 3. The number of benzene rings is 1. The van der Waals surface area contributed by atoms with Gasteiger partial charge in [-0.05, 0) is 11.6 Å². The molecule has 0 bridgehead atoms. The van der Waals surface area contributed by atoms with E-state index in [0.717, 1.165) is 12.1 Å². The first-order valence-electron chi connectivity index (χ1n) is 5.15. The van der Waals surface area contributed by atoms with Gasteiger partial charge in [0.15, 0.2) is 0 Å². The highest BCUT2D eigenvalue weighted by Gasteiger charge is 2.39. The predicted octanol–water partition coefficient (Wildman–Crippen LogP) is 2.91. The van der Waals surface area contributed by atoms with E-state index in [1.807, 2.05) is 0 Å². The molecule has 1 aromatic rings. The maximum Gasteiger partial charge on any atom is 0.416 e. The van der Waals surface area contributed by atoms with Gasteiger partial charge in [0.1, 0.15) is 6.61 Å². The van der Waals surface area contributed by atoms with Crippen molar-refractivity contribution in [2.45, 2.75) is 24.9 Å². The van der Waals surface area contributed by atoms with Crippen LogP contribution in [-0.4, -0.2) is 12.6 Å². The van der Waals surface area contributed by atoms with Crippen LogP contribution in [0.2, 0.25) is 0 Å². The number of hydrogen-bond acceptors (Lipinski definition) is 2. The molecular weight excluding hydrogens is 233 g/mol. The van der Waals surface area contributed by atoms with Gasteiger partial charge in [-0.1, -0.05) is 25.1 Å². The molecule has 1 aliphatic heterocycles. The van der Waals surface area contributed by atoms with Crippen molar-refractivity contribution in [2.75, 3.05) is 6.61 Å². The summed E-state index contributed by atoms with van der Waals surface area (Å²) in [5.41, 5.74) is -0.869. The molecule has 1 heterocycles. The van der Waals surface area contributed by atoms with Crippen LogP contribution in [0.15, 0.2) is 24.3 Å². The number of hydrogen-bond donors (Lipinski definition) is 0. The van der Waals surface area contributed by atoms with Gasteiger partial charge in [-0.2, -0.15) is 13.2 Å². The van der Waals surface area contributed by atoms with Crippen LogP contribution < -0.4 is 0 Å². The Labute approximate surface area is 96.4 Å². The third kappa shape index (κ3) is 2.28. The minimum absolute atomic E-state index is 0.119. The van der Waals surface area contributed by atoms with Crippen molar-refractivity contribution in [3.8, 4) is 0 Å². The monoisotopic (exact) mass is 244 g/mol. The molecule has 1 saturated heterocycles. The van der Waals surface area contributed by atoms with Crippen molar-refractivity contribution in [2.24, 2.45) is 0 Å². The Balaban J connectivity index is 2.37. The van der Waals surface area contributed by atoms with Crippen molar-refractivity contribution in [3.05, 3.63) is 35.4 Å².